The Morgan fingerprint density at radius 2 is 2.33 bits per heavy atom. The van der Waals surface area contributed by atoms with Crippen LogP contribution in [0.25, 0.3) is 11.5 Å². The molecule has 0 aromatic carbocycles. The van der Waals surface area contributed by atoms with Gasteiger partial charge in [-0.15, -0.1) is 11.3 Å². The fraction of sp³-hybridized carbons (Fsp3) is 0.222. The minimum absolute atomic E-state index is 0.0204. The summed E-state index contributed by atoms with van der Waals surface area (Å²) in [6.07, 6.45) is 0. The number of aromatic nitrogens is 3. The number of thioether (sulfide) groups is 1. The van der Waals surface area contributed by atoms with Gasteiger partial charge in [0, 0.05) is 22.4 Å². The molecular formula is C9H7N3OS2. The molecule has 1 aliphatic heterocycles. The molecule has 76 valence electrons. The molecule has 0 amide bonds. The van der Waals surface area contributed by atoms with Gasteiger partial charge < -0.3 is 4.98 Å². The molecule has 1 N–H and O–H groups in total. The molecule has 2 aromatic rings. The lowest BCUT2D eigenvalue weighted by Crippen LogP contribution is -2.15. The van der Waals surface area contributed by atoms with Gasteiger partial charge in [-0.25, -0.2) is 9.97 Å². The highest BCUT2D eigenvalue weighted by Crippen LogP contribution is 2.26. The second-order valence-electron chi connectivity index (χ2n) is 3.21. The van der Waals surface area contributed by atoms with Crippen LogP contribution in [0, 0.1) is 0 Å². The van der Waals surface area contributed by atoms with Crippen LogP contribution in [0.2, 0.25) is 0 Å². The molecule has 15 heavy (non-hydrogen) atoms. The van der Waals surface area contributed by atoms with Gasteiger partial charge >= 0.3 is 0 Å². The molecule has 0 unspecified atom stereocenters. The Balaban J connectivity index is 2.20. The van der Waals surface area contributed by atoms with Gasteiger partial charge in [-0.1, -0.05) is 0 Å². The second-order valence-corrected chi connectivity index (χ2v) is 4.91. The molecule has 0 fully saturated rings. The molecule has 0 aliphatic carbocycles. The maximum atomic E-state index is 11.7. The van der Waals surface area contributed by atoms with Crippen LogP contribution in [0.4, 0.5) is 0 Å². The standard InChI is InChI=1S/C9H7N3OS2/c13-9-5-1-14-2-6(5)11-8(12-9)7-3-15-4-10-7/h3-4H,1-2H2,(H,11,12,13). The van der Waals surface area contributed by atoms with E-state index in [1.807, 2.05) is 5.38 Å². The van der Waals surface area contributed by atoms with Crippen LogP contribution in [-0.4, -0.2) is 15.0 Å². The molecule has 0 saturated carbocycles. The first kappa shape index (κ1) is 9.11. The van der Waals surface area contributed by atoms with Crippen molar-refractivity contribution in [1.29, 1.82) is 0 Å². The van der Waals surface area contributed by atoms with Gasteiger partial charge in [0.15, 0.2) is 5.82 Å². The number of fused-ring (bicyclic) bond motifs is 1. The number of hydrogen-bond donors (Lipinski definition) is 1. The van der Waals surface area contributed by atoms with Crippen molar-refractivity contribution in [1.82, 2.24) is 15.0 Å². The summed E-state index contributed by atoms with van der Waals surface area (Å²) in [5.41, 5.74) is 4.19. The van der Waals surface area contributed by atoms with Crippen LogP contribution in [-0.2, 0) is 11.5 Å². The van der Waals surface area contributed by atoms with E-state index in [2.05, 4.69) is 15.0 Å². The van der Waals surface area contributed by atoms with E-state index in [0.29, 0.717) is 5.82 Å². The third-order valence-corrected chi connectivity index (χ3v) is 3.82. The highest BCUT2D eigenvalue weighted by molar-refractivity contribution is 7.98. The first-order valence-corrected chi connectivity index (χ1v) is 6.53. The molecular weight excluding hydrogens is 230 g/mol. The van der Waals surface area contributed by atoms with Crippen LogP contribution in [0.5, 0.6) is 0 Å². The van der Waals surface area contributed by atoms with E-state index < -0.39 is 0 Å². The van der Waals surface area contributed by atoms with E-state index in [9.17, 15) is 4.79 Å². The van der Waals surface area contributed by atoms with Gasteiger partial charge in [0.2, 0.25) is 0 Å². The Hall–Kier alpha value is -1.14. The molecule has 0 radical (unpaired) electrons. The third-order valence-electron chi connectivity index (χ3n) is 2.26. The van der Waals surface area contributed by atoms with Crippen LogP contribution < -0.4 is 5.56 Å². The summed E-state index contributed by atoms with van der Waals surface area (Å²) in [5, 5.41) is 1.88. The van der Waals surface area contributed by atoms with Crippen LogP contribution in [0.1, 0.15) is 11.3 Å². The van der Waals surface area contributed by atoms with Gasteiger partial charge in [-0.05, 0) is 0 Å². The van der Waals surface area contributed by atoms with E-state index >= 15 is 0 Å². The summed E-state index contributed by atoms with van der Waals surface area (Å²) in [6.45, 7) is 0. The van der Waals surface area contributed by atoms with Crippen LogP contribution in [0.15, 0.2) is 15.7 Å². The first-order chi connectivity index (χ1) is 7.34. The molecule has 0 atom stereocenters. The maximum absolute atomic E-state index is 11.7. The van der Waals surface area contributed by atoms with Gasteiger partial charge in [-0.2, -0.15) is 11.8 Å². The lowest BCUT2D eigenvalue weighted by Gasteiger charge is -1.99. The van der Waals surface area contributed by atoms with Crippen molar-refractivity contribution < 1.29 is 0 Å². The fourth-order valence-corrected chi connectivity index (χ4v) is 3.09. The molecule has 0 spiro atoms. The van der Waals surface area contributed by atoms with Crippen molar-refractivity contribution in [2.45, 2.75) is 11.5 Å². The SMILES string of the molecule is O=c1[nH]c(-c2cscn2)nc2c1CSC2. The maximum Gasteiger partial charge on any atom is 0.255 e. The molecule has 0 saturated heterocycles. The smallest absolute Gasteiger partial charge is 0.255 e. The number of H-pyrrole nitrogens is 1. The van der Waals surface area contributed by atoms with Crippen molar-refractivity contribution >= 4 is 23.1 Å². The summed E-state index contributed by atoms with van der Waals surface area (Å²) in [4.78, 5) is 23.0. The summed E-state index contributed by atoms with van der Waals surface area (Å²) in [5.74, 6) is 2.19. The molecule has 3 rings (SSSR count). The largest absolute Gasteiger partial charge is 0.305 e. The first-order valence-electron chi connectivity index (χ1n) is 4.43. The highest BCUT2D eigenvalue weighted by Gasteiger charge is 2.18. The number of nitrogens with one attached hydrogen (secondary N) is 1. The summed E-state index contributed by atoms with van der Waals surface area (Å²) in [7, 11) is 0. The topological polar surface area (TPSA) is 58.6 Å². The minimum atomic E-state index is -0.0204. The van der Waals surface area contributed by atoms with Crippen molar-refractivity contribution in [3.05, 3.63) is 32.5 Å². The Kier molecular flexibility index (Phi) is 2.10. The molecule has 0 bridgehead atoms. The number of thiazole rings is 1. The minimum Gasteiger partial charge on any atom is -0.305 e. The second kappa shape index (κ2) is 3.46. The zero-order valence-corrected chi connectivity index (χ0v) is 9.32. The Morgan fingerprint density at radius 3 is 3.13 bits per heavy atom. The number of aromatic amines is 1. The van der Waals surface area contributed by atoms with Crippen LogP contribution in [0.3, 0.4) is 0 Å². The summed E-state index contributed by atoms with van der Waals surface area (Å²) < 4.78 is 0. The molecule has 3 heterocycles. The molecule has 1 aliphatic rings. The van der Waals surface area contributed by atoms with Gasteiger partial charge in [-0.3, -0.25) is 4.79 Å². The quantitative estimate of drug-likeness (QED) is 0.819. The Morgan fingerprint density at radius 1 is 1.40 bits per heavy atom. The average molecular weight is 237 g/mol. The average Bonchev–Trinajstić information content (AvgIpc) is 2.88. The fourth-order valence-electron chi connectivity index (χ4n) is 1.51. The highest BCUT2D eigenvalue weighted by atomic mass is 32.2. The lowest BCUT2D eigenvalue weighted by molar-refractivity contribution is 1.03. The molecule has 6 heteroatoms. The van der Waals surface area contributed by atoms with Gasteiger partial charge in [0.1, 0.15) is 5.69 Å². The Labute approximate surface area is 93.8 Å². The monoisotopic (exact) mass is 237 g/mol. The molecule has 2 aromatic heterocycles. The summed E-state index contributed by atoms with van der Waals surface area (Å²) >= 11 is 3.22. The number of nitrogens with zero attached hydrogens (tertiary/aromatic N) is 2. The molecule has 4 nitrogen and oxygen atoms in total. The van der Waals surface area contributed by atoms with Gasteiger partial charge in [0.05, 0.1) is 11.2 Å². The summed E-state index contributed by atoms with van der Waals surface area (Å²) in [6, 6.07) is 0. The normalized spacial score (nSPS) is 14.1. The predicted molar refractivity (Wildman–Crippen MR) is 61.0 cm³/mol. The zero-order chi connectivity index (χ0) is 10.3. The van der Waals surface area contributed by atoms with E-state index in [-0.39, 0.29) is 5.56 Å². The van der Waals surface area contributed by atoms with Crippen LogP contribution >= 0.6 is 23.1 Å². The van der Waals surface area contributed by atoms with Crippen molar-refractivity contribution in [3.8, 4) is 11.5 Å². The number of hydrogen-bond acceptors (Lipinski definition) is 5. The van der Waals surface area contributed by atoms with E-state index in [0.717, 1.165) is 28.5 Å². The Bertz CT molecular complexity index is 547. The van der Waals surface area contributed by atoms with Crippen molar-refractivity contribution in [3.63, 3.8) is 0 Å². The van der Waals surface area contributed by atoms with E-state index in [1.165, 1.54) is 11.3 Å². The lowest BCUT2D eigenvalue weighted by atomic mass is 10.2. The third kappa shape index (κ3) is 1.49. The zero-order valence-electron chi connectivity index (χ0n) is 7.69. The van der Waals surface area contributed by atoms with E-state index in [4.69, 9.17) is 0 Å². The van der Waals surface area contributed by atoms with E-state index in [1.54, 1.807) is 17.3 Å². The van der Waals surface area contributed by atoms with Crippen molar-refractivity contribution in [2.24, 2.45) is 0 Å². The predicted octanol–water partition coefficient (Wildman–Crippen LogP) is 1.64. The van der Waals surface area contributed by atoms with Gasteiger partial charge in [0.25, 0.3) is 5.56 Å². The van der Waals surface area contributed by atoms with Crippen molar-refractivity contribution in [2.75, 3.05) is 0 Å². The number of rotatable bonds is 1.